The highest BCUT2D eigenvalue weighted by Crippen LogP contribution is 2.23. The highest BCUT2D eigenvalue weighted by molar-refractivity contribution is 6.20. The molecule has 0 spiro atoms. The lowest BCUT2D eigenvalue weighted by atomic mass is 9.93. The lowest BCUT2D eigenvalue weighted by Crippen LogP contribution is -2.41. The van der Waals surface area contributed by atoms with E-state index < -0.39 is 5.91 Å². The van der Waals surface area contributed by atoms with E-state index in [9.17, 15) is 4.79 Å². The van der Waals surface area contributed by atoms with Crippen LogP contribution < -0.4 is 10.3 Å². The van der Waals surface area contributed by atoms with Crippen molar-refractivity contribution >= 4 is 30.9 Å². The number of anilines is 1. The molecule has 1 aliphatic carbocycles. The van der Waals surface area contributed by atoms with Crippen LogP contribution in [0.1, 0.15) is 19.7 Å². The van der Waals surface area contributed by atoms with E-state index in [2.05, 4.69) is 25.4 Å². The number of aromatic nitrogens is 4. The average molecular weight is 331 g/mol. The van der Waals surface area contributed by atoms with Gasteiger partial charge in [0, 0.05) is 11.0 Å². The Balaban J connectivity index is 1.86. The van der Waals surface area contributed by atoms with Gasteiger partial charge >= 0.3 is 0 Å². The molecule has 0 aromatic carbocycles. The lowest BCUT2D eigenvalue weighted by molar-refractivity contribution is -0.117. The molecular formula is C16H14BN7O. The number of hydrazine groups is 1. The van der Waals surface area contributed by atoms with Gasteiger partial charge in [0.05, 0.1) is 6.33 Å². The predicted octanol–water partition coefficient (Wildman–Crippen LogP) is 1.22. The van der Waals surface area contributed by atoms with Crippen LogP contribution in [0.4, 0.5) is 5.82 Å². The summed E-state index contributed by atoms with van der Waals surface area (Å²) >= 11 is 0. The maximum Gasteiger partial charge on any atom is 0.268 e. The molecule has 1 aliphatic rings. The number of fused-ring (bicyclic) bond motifs is 1. The second-order valence-electron chi connectivity index (χ2n) is 6.03. The number of imidazole rings is 1. The fourth-order valence-electron chi connectivity index (χ4n) is 2.24. The first-order chi connectivity index (χ1) is 11.9. The van der Waals surface area contributed by atoms with E-state index in [0.717, 1.165) is 4.92 Å². The Hall–Kier alpha value is -3.41. The maximum absolute atomic E-state index is 12.5. The summed E-state index contributed by atoms with van der Waals surface area (Å²) in [6.07, 6.45) is 10.6. The van der Waals surface area contributed by atoms with Crippen molar-refractivity contribution in [2.75, 3.05) is 4.92 Å². The number of hydrogen-bond acceptors (Lipinski definition) is 6. The monoisotopic (exact) mass is 331 g/mol. The predicted molar refractivity (Wildman–Crippen MR) is 92.9 cm³/mol. The van der Waals surface area contributed by atoms with Crippen molar-refractivity contribution < 1.29 is 4.79 Å². The van der Waals surface area contributed by atoms with Crippen LogP contribution in [0.25, 0.3) is 11.2 Å². The number of carbonyl (C=O) groups excluding carboxylic acids is 1. The van der Waals surface area contributed by atoms with E-state index in [1.54, 1.807) is 12.2 Å². The van der Waals surface area contributed by atoms with Crippen LogP contribution >= 0.6 is 0 Å². The molecule has 0 unspecified atom stereocenters. The Morgan fingerprint density at radius 2 is 2.20 bits per heavy atom. The van der Waals surface area contributed by atoms with Gasteiger partial charge in [-0.2, -0.15) is 15.2 Å². The molecule has 122 valence electrons. The molecule has 0 saturated carbocycles. The molecule has 0 saturated heterocycles. The van der Waals surface area contributed by atoms with Crippen LogP contribution in [0.15, 0.2) is 42.3 Å². The van der Waals surface area contributed by atoms with E-state index in [0.29, 0.717) is 11.1 Å². The summed E-state index contributed by atoms with van der Waals surface area (Å²) < 4.78 is 0. The SMILES string of the molecule is [B]N(NC(=O)C1=CC=CC(C)(C)C=C1)c1nc(C#N)nc2nc[nH]c12. The van der Waals surface area contributed by atoms with Crippen molar-refractivity contribution in [3.05, 3.63) is 48.1 Å². The van der Waals surface area contributed by atoms with Crippen molar-refractivity contribution in [3.63, 3.8) is 0 Å². The van der Waals surface area contributed by atoms with Crippen LogP contribution in [0.5, 0.6) is 0 Å². The van der Waals surface area contributed by atoms with Crippen LogP contribution in [-0.2, 0) is 4.79 Å². The number of amides is 1. The molecule has 0 atom stereocenters. The molecule has 1 amide bonds. The number of nitriles is 1. The first-order valence-corrected chi connectivity index (χ1v) is 7.45. The molecule has 8 nitrogen and oxygen atoms in total. The normalized spacial score (nSPS) is 15.3. The van der Waals surface area contributed by atoms with Gasteiger partial charge in [-0.1, -0.05) is 38.2 Å². The Labute approximate surface area is 145 Å². The maximum atomic E-state index is 12.5. The Morgan fingerprint density at radius 3 is 2.96 bits per heavy atom. The second kappa shape index (κ2) is 6.24. The molecule has 9 heteroatoms. The van der Waals surface area contributed by atoms with Gasteiger partial charge in [0.1, 0.15) is 11.6 Å². The standard InChI is InChI=1S/C16H14BN7O/c1-16(2)6-3-4-10(5-7-16)15(25)23-24(17)14-12-13(20-9-19-12)21-11(8-18)22-14/h3-7,9H,1-2H3,(H,23,25)(H,19,20,21,22). The molecule has 0 bridgehead atoms. The number of rotatable bonds is 3. The van der Waals surface area contributed by atoms with Gasteiger partial charge in [-0.05, 0) is 6.08 Å². The van der Waals surface area contributed by atoms with E-state index >= 15 is 0 Å². The number of nitrogens with zero attached hydrogens (tertiary/aromatic N) is 5. The summed E-state index contributed by atoms with van der Waals surface area (Å²) in [7, 11) is 5.93. The molecule has 2 aromatic heterocycles. The van der Waals surface area contributed by atoms with Crippen molar-refractivity contribution in [1.82, 2.24) is 25.4 Å². The zero-order valence-corrected chi connectivity index (χ0v) is 13.7. The molecule has 2 aromatic rings. The smallest absolute Gasteiger partial charge is 0.268 e. The number of hydrogen-bond donors (Lipinski definition) is 2. The van der Waals surface area contributed by atoms with Crippen LogP contribution in [0, 0.1) is 16.7 Å². The zero-order valence-electron chi connectivity index (χ0n) is 13.7. The van der Waals surface area contributed by atoms with E-state index in [4.69, 9.17) is 13.2 Å². The summed E-state index contributed by atoms with van der Waals surface area (Å²) in [6.45, 7) is 4.06. The van der Waals surface area contributed by atoms with Gasteiger partial charge in [-0.3, -0.25) is 10.2 Å². The quantitative estimate of drug-likeness (QED) is 0.646. The third-order valence-corrected chi connectivity index (χ3v) is 3.57. The van der Waals surface area contributed by atoms with Crippen LogP contribution in [0.3, 0.4) is 0 Å². The van der Waals surface area contributed by atoms with Crippen LogP contribution in [-0.4, -0.2) is 33.8 Å². The molecular weight excluding hydrogens is 317 g/mol. The Morgan fingerprint density at radius 1 is 1.40 bits per heavy atom. The minimum absolute atomic E-state index is 0.0995. The Kier molecular flexibility index (Phi) is 4.11. The fourth-order valence-corrected chi connectivity index (χ4v) is 2.24. The molecule has 2 radical (unpaired) electrons. The first kappa shape index (κ1) is 16.5. The van der Waals surface area contributed by atoms with Crippen molar-refractivity contribution in [1.29, 1.82) is 5.26 Å². The molecule has 2 N–H and O–H groups in total. The molecule has 0 aliphatic heterocycles. The molecule has 3 rings (SSSR count). The lowest BCUT2D eigenvalue weighted by Gasteiger charge is -2.20. The number of allylic oxidation sites excluding steroid dienone is 4. The molecule has 25 heavy (non-hydrogen) atoms. The largest absolute Gasteiger partial charge is 0.340 e. The Bertz CT molecular complexity index is 965. The minimum Gasteiger partial charge on any atom is -0.340 e. The van der Waals surface area contributed by atoms with Gasteiger partial charge in [0.15, 0.2) is 11.5 Å². The van der Waals surface area contributed by atoms with Crippen molar-refractivity contribution in [2.24, 2.45) is 5.41 Å². The number of H-pyrrole nitrogens is 1. The third kappa shape index (κ3) is 3.43. The minimum atomic E-state index is -0.411. The van der Waals surface area contributed by atoms with Crippen LogP contribution in [0.2, 0.25) is 0 Å². The highest BCUT2D eigenvalue weighted by Gasteiger charge is 2.18. The summed E-state index contributed by atoms with van der Waals surface area (Å²) in [6, 6.07) is 1.84. The first-order valence-electron chi connectivity index (χ1n) is 7.45. The van der Waals surface area contributed by atoms with Gasteiger partial charge in [-0.15, -0.1) is 0 Å². The highest BCUT2D eigenvalue weighted by atomic mass is 16.2. The summed E-state index contributed by atoms with van der Waals surface area (Å²) in [5.74, 6) is -0.370. The number of carbonyl (C=O) groups is 1. The summed E-state index contributed by atoms with van der Waals surface area (Å²) in [5, 5.41) is 9.02. The topological polar surface area (TPSA) is 111 Å². The zero-order chi connectivity index (χ0) is 18.0. The van der Waals surface area contributed by atoms with Crippen molar-refractivity contribution in [2.45, 2.75) is 13.8 Å². The van der Waals surface area contributed by atoms with E-state index in [1.807, 2.05) is 38.1 Å². The second-order valence-corrected chi connectivity index (χ2v) is 6.03. The van der Waals surface area contributed by atoms with Gasteiger partial charge < -0.3 is 9.90 Å². The van der Waals surface area contributed by atoms with E-state index in [-0.39, 0.29) is 22.7 Å². The number of aromatic amines is 1. The average Bonchev–Trinajstić information content (AvgIpc) is 2.97. The van der Waals surface area contributed by atoms with Gasteiger partial charge in [0.2, 0.25) is 5.82 Å². The van der Waals surface area contributed by atoms with E-state index in [1.165, 1.54) is 6.33 Å². The summed E-state index contributed by atoms with van der Waals surface area (Å²) in [5.41, 5.74) is 3.51. The summed E-state index contributed by atoms with van der Waals surface area (Å²) in [4.78, 5) is 28.2. The fraction of sp³-hybridized carbons (Fsp3) is 0.188. The molecule has 0 fully saturated rings. The van der Waals surface area contributed by atoms with Crippen molar-refractivity contribution in [3.8, 4) is 6.07 Å². The third-order valence-electron chi connectivity index (χ3n) is 3.57. The van der Waals surface area contributed by atoms with Gasteiger partial charge in [-0.25, -0.2) is 4.98 Å². The van der Waals surface area contributed by atoms with Gasteiger partial charge in [0.25, 0.3) is 13.9 Å². The molecule has 2 heterocycles. The number of nitrogens with one attached hydrogen (secondary N) is 2.